The van der Waals surface area contributed by atoms with Crippen LogP contribution in [0, 0.1) is 0 Å². The maximum Gasteiger partial charge on any atom is 0.451 e. The van der Waals surface area contributed by atoms with Crippen LogP contribution < -0.4 is 10.9 Å². The van der Waals surface area contributed by atoms with Gasteiger partial charge in [-0.1, -0.05) is 12.1 Å². The fourth-order valence-corrected chi connectivity index (χ4v) is 2.30. The van der Waals surface area contributed by atoms with Gasteiger partial charge in [0.1, 0.15) is 5.82 Å². The molecule has 11 heteroatoms. The van der Waals surface area contributed by atoms with E-state index in [0.29, 0.717) is 29.6 Å². The molecule has 0 atom stereocenters. The van der Waals surface area contributed by atoms with Crippen LogP contribution in [0.5, 0.6) is 0 Å². The molecule has 3 N–H and O–H groups in total. The molecule has 3 aromatic rings. The smallest absolute Gasteiger partial charge is 0.310 e. The van der Waals surface area contributed by atoms with E-state index in [-0.39, 0.29) is 12.0 Å². The fraction of sp³-hybridized carbons (Fsp3) is 0.267. The highest BCUT2D eigenvalue weighted by Gasteiger charge is 2.35. The van der Waals surface area contributed by atoms with E-state index in [1.165, 1.54) is 0 Å². The average molecular weight is 366 g/mol. The van der Waals surface area contributed by atoms with Crippen molar-refractivity contribution in [2.24, 2.45) is 0 Å². The molecule has 0 unspecified atom stereocenters. The summed E-state index contributed by atoms with van der Waals surface area (Å²) in [6.07, 6.45) is -3.99. The molecule has 136 valence electrons. The molecule has 0 aliphatic heterocycles. The van der Waals surface area contributed by atoms with Crippen molar-refractivity contribution in [3.63, 3.8) is 0 Å². The van der Waals surface area contributed by atoms with Crippen LogP contribution in [0.25, 0.3) is 10.9 Å². The number of amides is 1. The molecule has 0 fully saturated rings. The second-order valence-corrected chi connectivity index (χ2v) is 5.44. The summed E-state index contributed by atoms with van der Waals surface area (Å²) >= 11 is 0. The van der Waals surface area contributed by atoms with Crippen LogP contribution in [-0.4, -0.2) is 31.1 Å². The zero-order valence-corrected chi connectivity index (χ0v) is 13.2. The largest absolute Gasteiger partial charge is 0.451 e. The third-order valence-electron chi connectivity index (χ3n) is 3.48. The number of alkyl halides is 3. The Balaban J connectivity index is 1.55. The summed E-state index contributed by atoms with van der Waals surface area (Å²) in [6, 6.07) is 6.86. The number of aromatic nitrogens is 5. The van der Waals surface area contributed by atoms with Crippen molar-refractivity contribution in [2.75, 3.05) is 5.32 Å². The zero-order valence-electron chi connectivity index (χ0n) is 13.2. The lowest BCUT2D eigenvalue weighted by atomic mass is 10.2. The third-order valence-corrected chi connectivity index (χ3v) is 3.48. The number of H-pyrrole nitrogens is 2. The summed E-state index contributed by atoms with van der Waals surface area (Å²) in [7, 11) is 0. The monoisotopic (exact) mass is 366 g/mol. The number of para-hydroxylation sites is 1. The predicted octanol–water partition coefficient (Wildman–Crippen LogP) is 2.02. The first kappa shape index (κ1) is 17.6. The summed E-state index contributed by atoms with van der Waals surface area (Å²) in [5.74, 6) is -1.84. The number of nitrogens with one attached hydrogen (secondary N) is 3. The first-order valence-corrected chi connectivity index (χ1v) is 7.60. The number of benzene rings is 1. The maximum absolute atomic E-state index is 12.4. The summed E-state index contributed by atoms with van der Waals surface area (Å²) in [4.78, 5) is 33.8. The van der Waals surface area contributed by atoms with Crippen LogP contribution in [0.4, 0.5) is 19.1 Å². The van der Waals surface area contributed by atoms with Crippen LogP contribution in [0.15, 0.2) is 29.1 Å². The Morgan fingerprint density at radius 2 is 1.96 bits per heavy atom. The maximum atomic E-state index is 12.4. The van der Waals surface area contributed by atoms with Crippen molar-refractivity contribution in [3.05, 3.63) is 46.3 Å². The van der Waals surface area contributed by atoms with Crippen molar-refractivity contribution < 1.29 is 18.0 Å². The quantitative estimate of drug-likeness (QED) is 0.639. The van der Waals surface area contributed by atoms with Crippen LogP contribution in [0.1, 0.15) is 24.5 Å². The normalized spacial score (nSPS) is 11.7. The number of aromatic amines is 2. The van der Waals surface area contributed by atoms with Gasteiger partial charge < -0.3 is 4.98 Å². The van der Waals surface area contributed by atoms with Gasteiger partial charge in [-0.2, -0.15) is 18.2 Å². The van der Waals surface area contributed by atoms with E-state index < -0.39 is 23.9 Å². The van der Waals surface area contributed by atoms with E-state index >= 15 is 0 Å². The lowest BCUT2D eigenvalue weighted by molar-refractivity contribution is -0.144. The van der Waals surface area contributed by atoms with Crippen molar-refractivity contribution in [2.45, 2.75) is 25.4 Å². The van der Waals surface area contributed by atoms with Gasteiger partial charge in [0.2, 0.25) is 17.7 Å². The number of anilines is 1. The second-order valence-electron chi connectivity index (χ2n) is 5.44. The Labute approximate surface area is 143 Å². The molecule has 26 heavy (non-hydrogen) atoms. The van der Waals surface area contributed by atoms with Crippen LogP contribution in [0.3, 0.4) is 0 Å². The van der Waals surface area contributed by atoms with Gasteiger partial charge in [-0.3, -0.25) is 20.0 Å². The van der Waals surface area contributed by atoms with Crippen molar-refractivity contribution >= 4 is 22.8 Å². The van der Waals surface area contributed by atoms with E-state index in [2.05, 4.69) is 25.4 Å². The number of fused-ring (bicyclic) bond motifs is 1. The van der Waals surface area contributed by atoms with Gasteiger partial charge in [0.25, 0.3) is 5.56 Å². The molecule has 1 amide bonds. The molecule has 0 radical (unpaired) electrons. The molecular weight excluding hydrogens is 353 g/mol. The van der Waals surface area contributed by atoms with Gasteiger partial charge in [0.05, 0.1) is 10.9 Å². The van der Waals surface area contributed by atoms with Crippen LogP contribution >= 0.6 is 0 Å². The SMILES string of the molecule is O=C(CCCc1nc2ccccc2c(=O)[nH]1)Nc1n[nH]c(C(F)(F)F)n1. The van der Waals surface area contributed by atoms with Crippen molar-refractivity contribution in [1.29, 1.82) is 0 Å². The topological polar surface area (TPSA) is 116 Å². The molecule has 8 nitrogen and oxygen atoms in total. The van der Waals surface area contributed by atoms with Gasteiger partial charge in [0.15, 0.2) is 0 Å². The molecule has 1 aromatic carbocycles. The molecule has 0 aliphatic carbocycles. The molecular formula is C15H13F3N6O2. The molecule has 0 aliphatic rings. The summed E-state index contributed by atoms with van der Waals surface area (Å²) in [5.41, 5.74) is 0.284. The fourth-order valence-electron chi connectivity index (χ4n) is 2.30. The number of carbonyl (C=O) groups excluding carboxylic acids is 1. The molecule has 0 saturated carbocycles. The number of aryl methyl sites for hydroxylation is 1. The van der Waals surface area contributed by atoms with E-state index in [1.807, 2.05) is 0 Å². The zero-order chi connectivity index (χ0) is 18.7. The van der Waals surface area contributed by atoms with E-state index in [4.69, 9.17) is 0 Å². The van der Waals surface area contributed by atoms with Gasteiger partial charge in [0, 0.05) is 12.8 Å². The molecule has 0 spiro atoms. The Kier molecular flexibility index (Phi) is 4.69. The molecule has 3 rings (SSSR count). The molecule has 2 heterocycles. The minimum Gasteiger partial charge on any atom is -0.310 e. The highest BCUT2D eigenvalue weighted by Crippen LogP contribution is 2.26. The summed E-state index contributed by atoms with van der Waals surface area (Å²) in [5, 5.41) is 7.64. The average Bonchev–Trinajstić information content (AvgIpc) is 3.04. The number of hydrogen-bond acceptors (Lipinski definition) is 5. The Hall–Kier alpha value is -3.24. The van der Waals surface area contributed by atoms with Crippen LogP contribution in [-0.2, 0) is 17.4 Å². The summed E-state index contributed by atoms with van der Waals surface area (Å²) < 4.78 is 37.2. The lowest BCUT2D eigenvalue weighted by Crippen LogP contribution is -2.15. The molecule has 0 saturated heterocycles. The molecule has 0 bridgehead atoms. The first-order valence-electron chi connectivity index (χ1n) is 7.60. The minimum atomic E-state index is -4.66. The highest BCUT2D eigenvalue weighted by molar-refractivity contribution is 5.88. The first-order chi connectivity index (χ1) is 12.3. The summed E-state index contributed by atoms with van der Waals surface area (Å²) in [6.45, 7) is 0. The van der Waals surface area contributed by atoms with Gasteiger partial charge in [-0.25, -0.2) is 4.98 Å². The van der Waals surface area contributed by atoms with E-state index in [1.54, 1.807) is 29.4 Å². The van der Waals surface area contributed by atoms with Crippen molar-refractivity contribution in [1.82, 2.24) is 25.1 Å². The standard InChI is InChI=1S/C15H13F3N6O2/c16-15(17,18)13-22-14(24-23-13)21-11(25)7-3-6-10-19-9-5-2-1-4-8(9)12(26)20-10/h1-2,4-5H,3,6-7H2,(H,19,20,26)(H2,21,22,23,24,25). The number of hydrogen-bond donors (Lipinski definition) is 3. The number of nitrogens with zero attached hydrogens (tertiary/aromatic N) is 3. The van der Waals surface area contributed by atoms with Gasteiger partial charge >= 0.3 is 6.18 Å². The highest BCUT2D eigenvalue weighted by atomic mass is 19.4. The minimum absolute atomic E-state index is 0.00638. The Bertz CT molecular complexity index is 995. The number of rotatable bonds is 5. The van der Waals surface area contributed by atoms with E-state index in [0.717, 1.165) is 0 Å². The molecule has 2 aromatic heterocycles. The Morgan fingerprint density at radius 1 is 1.19 bits per heavy atom. The Morgan fingerprint density at radius 3 is 2.69 bits per heavy atom. The number of carbonyl (C=O) groups is 1. The predicted molar refractivity (Wildman–Crippen MR) is 85.3 cm³/mol. The van der Waals surface area contributed by atoms with Crippen LogP contribution in [0.2, 0.25) is 0 Å². The van der Waals surface area contributed by atoms with E-state index in [9.17, 15) is 22.8 Å². The van der Waals surface area contributed by atoms with Gasteiger partial charge in [-0.05, 0) is 18.6 Å². The van der Waals surface area contributed by atoms with Crippen molar-refractivity contribution in [3.8, 4) is 0 Å². The van der Waals surface area contributed by atoms with Gasteiger partial charge in [-0.15, -0.1) is 5.10 Å². The second kappa shape index (κ2) is 6.94. The number of halogens is 3. The third kappa shape index (κ3) is 4.05. The lowest BCUT2D eigenvalue weighted by Gasteiger charge is -2.03.